The number of ether oxygens (including phenoxy) is 5. The number of ketones is 1. The topological polar surface area (TPSA) is 218 Å². The zero-order chi connectivity index (χ0) is 48.2. The lowest BCUT2D eigenvalue weighted by Gasteiger charge is -2.65. The van der Waals surface area contributed by atoms with Gasteiger partial charge in [-0.05, 0) is 118 Å². The predicted octanol–water partition coefficient (Wildman–Crippen LogP) is 4.87. The summed E-state index contributed by atoms with van der Waals surface area (Å²) in [4.78, 5) is 48.1. The van der Waals surface area contributed by atoms with Gasteiger partial charge in [0, 0.05) is 98.4 Å². The minimum absolute atomic E-state index is 0.00291. The highest BCUT2D eigenvalue weighted by Gasteiger charge is 2.68. The molecule has 15 nitrogen and oxygen atoms in total. The number of likely N-dealkylation sites (tertiary alicyclic amines) is 1. The molecule has 1 spiro atoms. The summed E-state index contributed by atoms with van der Waals surface area (Å²) < 4.78 is 31.6. The van der Waals surface area contributed by atoms with Crippen LogP contribution in [0.1, 0.15) is 92.0 Å². The highest BCUT2D eigenvalue weighted by molar-refractivity contribution is 6.11. The molecule has 0 amide bonds. The lowest BCUT2D eigenvalue weighted by atomic mass is 9.44. The number of rotatable bonds is 13. The number of aliphatic hydroxyl groups excluding tert-OH is 4. The normalized spacial score (nSPS) is 31.8. The summed E-state index contributed by atoms with van der Waals surface area (Å²) in [5.74, 6) is -3.28. The summed E-state index contributed by atoms with van der Waals surface area (Å²) in [5.41, 5.74) is 2.39. The van der Waals surface area contributed by atoms with Crippen LogP contribution in [0, 0.1) is 35.0 Å². The summed E-state index contributed by atoms with van der Waals surface area (Å²) in [6.07, 6.45) is 11.0. The van der Waals surface area contributed by atoms with E-state index in [1.807, 2.05) is 24.4 Å². The van der Waals surface area contributed by atoms with Gasteiger partial charge in [-0.15, -0.1) is 0 Å². The van der Waals surface area contributed by atoms with Gasteiger partial charge in [0.1, 0.15) is 34.7 Å². The smallest absolute Gasteiger partial charge is 0.375 e. The van der Waals surface area contributed by atoms with Gasteiger partial charge in [0.15, 0.2) is 6.29 Å². The monoisotopic (exact) mass is 950 g/mol. The quantitative estimate of drug-likeness (QED) is 0.0584. The number of nitrogens with one attached hydrogen (secondary N) is 1. The van der Waals surface area contributed by atoms with Crippen molar-refractivity contribution in [1.29, 1.82) is 0 Å². The van der Waals surface area contributed by atoms with Crippen LogP contribution < -0.4 is 14.2 Å². The third-order valence-corrected chi connectivity index (χ3v) is 17.1. The highest BCUT2D eigenvalue weighted by atomic mass is 16.6. The van der Waals surface area contributed by atoms with Crippen LogP contribution in [0.25, 0.3) is 16.5 Å². The van der Waals surface area contributed by atoms with Gasteiger partial charge in [-0.1, -0.05) is 17.7 Å². The molecule has 4 aliphatic heterocycles. The number of esters is 1. The fourth-order valence-electron chi connectivity index (χ4n) is 13.7. The van der Waals surface area contributed by atoms with Crippen LogP contribution in [0.4, 0.5) is 0 Å². The lowest BCUT2D eigenvalue weighted by Crippen LogP contribution is -2.71. The molecule has 0 radical (unpaired) electrons. The Labute approximate surface area is 402 Å². The maximum Gasteiger partial charge on any atom is 0.375 e. The van der Waals surface area contributed by atoms with Crippen LogP contribution in [0.3, 0.4) is 0 Å². The fraction of sp³-hybridized carbons (Fsp3) is 0.574. The van der Waals surface area contributed by atoms with Crippen LogP contribution in [0.15, 0.2) is 53.5 Å². The Bertz CT molecular complexity index is 2600. The number of aromatic amines is 1. The van der Waals surface area contributed by atoms with Gasteiger partial charge in [-0.3, -0.25) is 9.59 Å². The molecule has 4 bridgehead atoms. The lowest BCUT2D eigenvalue weighted by molar-refractivity contribution is -0.239. The van der Waals surface area contributed by atoms with Crippen molar-refractivity contribution >= 4 is 34.5 Å². The molecule has 3 aliphatic carbocycles. The van der Waals surface area contributed by atoms with Gasteiger partial charge in [-0.2, -0.15) is 0 Å². The number of carbonyl (C=O) groups is 3. The zero-order valence-electron chi connectivity index (χ0n) is 39.7. The summed E-state index contributed by atoms with van der Waals surface area (Å²) in [7, 11) is 1.71. The van der Waals surface area contributed by atoms with Crippen LogP contribution in [0.5, 0.6) is 17.2 Å². The van der Waals surface area contributed by atoms with E-state index >= 15 is 0 Å². The van der Waals surface area contributed by atoms with Crippen LogP contribution in [-0.2, 0) is 43.3 Å². The van der Waals surface area contributed by atoms with E-state index in [0.717, 1.165) is 60.9 Å². The van der Waals surface area contributed by atoms with Crippen molar-refractivity contribution in [2.45, 2.75) is 95.4 Å². The van der Waals surface area contributed by atoms with Gasteiger partial charge >= 0.3 is 5.97 Å². The van der Waals surface area contributed by atoms with Gasteiger partial charge < -0.3 is 59.1 Å². The van der Waals surface area contributed by atoms with Crippen molar-refractivity contribution in [1.82, 2.24) is 9.88 Å². The molecule has 2 saturated carbocycles. The molecular weight excluding hydrogens is 885 g/mol. The molecular formula is C54H66N2O13. The first-order valence-electron chi connectivity index (χ1n) is 25.0. The second kappa shape index (κ2) is 19.4. The molecule has 5 heterocycles. The van der Waals surface area contributed by atoms with E-state index in [-0.39, 0.29) is 97.6 Å². The number of piperidine rings is 1. The average molecular weight is 951 g/mol. The second-order valence-corrected chi connectivity index (χ2v) is 20.4. The maximum absolute atomic E-state index is 14.6. The van der Waals surface area contributed by atoms with E-state index in [0.29, 0.717) is 60.8 Å². The van der Waals surface area contributed by atoms with E-state index in [1.54, 1.807) is 14.0 Å². The molecule has 1 saturated heterocycles. The molecule has 3 fully saturated rings. The van der Waals surface area contributed by atoms with Crippen molar-refractivity contribution in [3.63, 3.8) is 0 Å². The standard InChI is InChI=1S/C54H66N2O13/c1-3-66-52(63)51-40(27-60)45-34-19-35(26-59)47(62)38(21-34)37-20-33-10-14-55-43(33)22-32(37)6-5-30(25-58)29-67-49-39-23-44(68-48(39)41(28-61)50(69-51)46(45)49)54(64)42-8-7-36-24-56(15-4-18-65-2)16-13-53(36,54)12-9-31(42)11-17-57/h7-8,10,14,20,22,27,30-31,35-36,38,42,44,55,57-59,61,64H,3-6,9,11-13,15-19,21,23-26,28-29H2,1-2H3/b45-34-/t30-,31-,35+,36-,38+,42-,44-,53+,54-/m0/s1. The molecule has 1 aromatic heterocycles. The Morgan fingerprint density at radius 2 is 1.90 bits per heavy atom. The number of aryl methyl sites for hydroxylation is 1. The van der Waals surface area contributed by atoms with Crippen molar-refractivity contribution in [2.24, 2.45) is 35.0 Å². The van der Waals surface area contributed by atoms with E-state index in [9.17, 15) is 39.9 Å². The fourth-order valence-corrected chi connectivity index (χ4v) is 13.7. The Morgan fingerprint density at radius 1 is 1.04 bits per heavy atom. The summed E-state index contributed by atoms with van der Waals surface area (Å²) in [6.45, 7) is 3.37. The van der Waals surface area contributed by atoms with Gasteiger partial charge in [0.25, 0.3) is 0 Å². The van der Waals surface area contributed by atoms with E-state index in [2.05, 4.69) is 22.0 Å². The first-order valence-corrected chi connectivity index (χ1v) is 25.0. The molecule has 3 aromatic rings. The number of aldehydes is 1. The minimum atomic E-state index is -1.44. The Hall–Kier alpha value is -4.87. The van der Waals surface area contributed by atoms with E-state index in [1.165, 1.54) is 0 Å². The third kappa shape index (κ3) is 7.78. The molecule has 370 valence electrons. The van der Waals surface area contributed by atoms with E-state index < -0.39 is 59.8 Å². The van der Waals surface area contributed by atoms with Crippen molar-refractivity contribution < 1.29 is 63.6 Å². The number of hydrogen-bond acceptors (Lipinski definition) is 14. The molecule has 6 N–H and O–H groups in total. The summed E-state index contributed by atoms with van der Waals surface area (Å²) in [5, 5.41) is 58.7. The Balaban J connectivity index is 1.18. The number of Topliss-reactive ketones (excluding diaryl/α,β-unsaturated/α-hetero) is 1. The zero-order valence-corrected chi connectivity index (χ0v) is 39.7. The Kier molecular flexibility index (Phi) is 13.4. The molecule has 69 heavy (non-hydrogen) atoms. The number of carbonyl (C=O) groups excluding carboxylic acids is 3. The number of benzene rings is 2. The summed E-state index contributed by atoms with van der Waals surface area (Å²) in [6, 6.07) is 5.99. The number of allylic oxidation sites excluding steroid dienone is 3. The van der Waals surface area contributed by atoms with Crippen LogP contribution in [0.2, 0.25) is 0 Å². The second-order valence-electron chi connectivity index (χ2n) is 20.4. The number of fused-ring (bicyclic) bond motifs is 8. The molecule has 9 atom stereocenters. The summed E-state index contributed by atoms with van der Waals surface area (Å²) >= 11 is 0. The number of nitrogens with zero attached hydrogens (tertiary/aromatic N) is 1. The highest BCUT2D eigenvalue weighted by Crippen LogP contribution is 2.65. The van der Waals surface area contributed by atoms with Crippen molar-refractivity contribution in [2.75, 3.05) is 66.4 Å². The number of methoxy groups -OCH3 is 1. The van der Waals surface area contributed by atoms with Crippen LogP contribution in [-0.4, -0.2) is 132 Å². The molecule has 7 aliphatic rings. The number of hydrogen-bond donors (Lipinski definition) is 6. The van der Waals surface area contributed by atoms with E-state index in [4.69, 9.17) is 23.7 Å². The Morgan fingerprint density at radius 3 is 2.65 bits per heavy atom. The van der Waals surface area contributed by atoms with Gasteiger partial charge in [-0.25, -0.2) is 4.79 Å². The molecule has 0 unspecified atom stereocenters. The molecule has 2 aromatic carbocycles. The van der Waals surface area contributed by atoms with Crippen molar-refractivity contribution in [3.8, 4) is 17.2 Å². The first-order chi connectivity index (χ1) is 33.6. The van der Waals surface area contributed by atoms with Crippen molar-refractivity contribution in [3.05, 3.63) is 81.3 Å². The number of H-pyrrole nitrogens is 1. The van der Waals surface area contributed by atoms with Gasteiger partial charge in [0.2, 0.25) is 5.76 Å². The van der Waals surface area contributed by atoms with Gasteiger partial charge in [0.05, 0.1) is 43.1 Å². The van der Waals surface area contributed by atoms with Crippen LogP contribution >= 0.6 is 0 Å². The molecule has 10 rings (SSSR count). The largest absolute Gasteiger partial charge is 0.492 e. The maximum atomic E-state index is 14.6. The number of aromatic nitrogens is 1. The third-order valence-electron chi connectivity index (χ3n) is 17.1. The molecule has 15 heteroatoms. The minimum Gasteiger partial charge on any atom is -0.492 e. The predicted molar refractivity (Wildman–Crippen MR) is 253 cm³/mol. The SMILES string of the molecule is CCOC(=O)C1=C(C=O)/C2=C3\C[C@H](CO)C(=O)[C@H](C3)c3cc4cc[nH]c4cc3CC[C@@H](CO)COc3c4c(c(CO)c(c32)O1)O[C@H]([C@@]1(O)[C@H]2C=C[C@H]3CN(CCCOC)CC[C@]31CC[C@H]2CCO)C4. The average Bonchev–Trinajstić information content (AvgIpc) is 4.02. The number of aliphatic hydroxyl groups is 5. The first kappa shape index (κ1) is 47.8.